The van der Waals surface area contributed by atoms with Crippen LogP contribution in [0.1, 0.15) is 33.4 Å². The maximum atomic E-state index is 12.1. The molecule has 2 aromatic rings. The molecule has 0 aliphatic heterocycles. The van der Waals surface area contributed by atoms with Crippen molar-refractivity contribution in [3.8, 4) is 0 Å². The van der Waals surface area contributed by atoms with Crippen LogP contribution in [0.4, 0.5) is 5.82 Å². The van der Waals surface area contributed by atoms with Gasteiger partial charge in [0.2, 0.25) is 11.7 Å². The summed E-state index contributed by atoms with van der Waals surface area (Å²) in [5, 5.41) is 0. The highest BCUT2D eigenvalue weighted by atomic mass is 79.9. The summed E-state index contributed by atoms with van der Waals surface area (Å²) in [5.41, 5.74) is 0.412. The number of rotatable bonds is 1. The fraction of sp³-hybridized carbons (Fsp3) is 0.462. The zero-order valence-electron chi connectivity index (χ0n) is 12.0. The van der Waals surface area contributed by atoms with E-state index >= 15 is 0 Å². The molecule has 0 aliphatic carbocycles. The third kappa shape index (κ3) is 2.48. The Kier molecular flexibility index (Phi) is 3.94. The Bertz CT molecular complexity index is 688. The second-order valence-electron chi connectivity index (χ2n) is 5.58. The van der Waals surface area contributed by atoms with Crippen LogP contribution >= 0.6 is 31.9 Å². The molecular weight excluding hydrogens is 388 g/mol. The summed E-state index contributed by atoms with van der Waals surface area (Å²) in [7, 11) is 0. The van der Waals surface area contributed by atoms with Gasteiger partial charge in [-0.15, -0.1) is 0 Å². The van der Waals surface area contributed by atoms with Gasteiger partial charge in [-0.2, -0.15) is 0 Å². The Labute approximate surface area is 134 Å². The monoisotopic (exact) mass is 402 g/mol. The SMILES string of the molecule is CC(=O)N(c1c(C)nc2ncc(Br)c(Br)n12)C(C)(C)C. The number of anilines is 1. The van der Waals surface area contributed by atoms with Gasteiger partial charge in [-0.3, -0.25) is 14.1 Å². The first-order valence-corrected chi connectivity index (χ1v) is 7.73. The van der Waals surface area contributed by atoms with E-state index in [-0.39, 0.29) is 11.4 Å². The smallest absolute Gasteiger partial charge is 0.236 e. The lowest BCUT2D eigenvalue weighted by Crippen LogP contribution is -2.45. The van der Waals surface area contributed by atoms with E-state index in [9.17, 15) is 4.79 Å². The lowest BCUT2D eigenvalue weighted by molar-refractivity contribution is -0.117. The van der Waals surface area contributed by atoms with Gasteiger partial charge in [0, 0.05) is 18.7 Å². The lowest BCUT2D eigenvalue weighted by atomic mass is 10.1. The summed E-state index contributed by atoms with van der Waals surface area (Å²) >= 11 is 6.96. The van der Waals surface area contributed by atoms with E-state index in [0.29, 0.717) is 5.78 Å². The Morgan fingerprint density at radius 1 is 1.35 bits per heavy atom. The molecule has 2 rings (SSSR count). The maximum absolute atomic E-state index is 12.1. The standard InChI is InChI=1S/C13H16Br2N4O/c1-7-11(19(8(2)20)13(3,4)5)18-10(15)9(14)6-16-12(18)17-7/h6H,1-5H3. The average molecular weight is 404 g/mol. The van der Waals surface area contributed by atoms with E-state index in [2.05, 4.69) is 41.8 Å². The van der Waals surface area contributed by atoms with Crippen LogP contribution in [0.15, 0.2) is 15.3 Å². The highest BCUT2D eigenvalue weighted by molar-refractivity contribution is 9.13. The number of hydrogen-bond donors (Lipinski definition) is 0. The fourth-order valence-electron chi connectivity index (χ4n) is 2.25. The zero-order chi connectivity index (χ0) is 15.2. The first-order chi connectivity index (χ1) is 9.14. The van der Waals surface area contributed by atoms with Crippen molar-refractivity contribution in [3.63, 3.8) is 0 Å². The van der Waals surface area contributed by atoms with Crippen molar-refractivity contribution in [1.82, 2.24) is 14.4 Å². The van der Waals surface area contributed by atoms with Gasteiger partial charge in [-0.25, -0.2) is 9.97 Å². The second-order valence-corrected chi connectivity index (χ2v) is 7.18. The molecule has 1 amide bonds. The number of aromatic nitrogens is 3. The van der Waals surface area contributed by atoms with Crippen LogP contribution in [0.3, 0.4) is 0 Å². The predicted molar refractivity (Wildman–Crippen MR) is 86.0 cm³/mol. The van der Waals surface area contributed by atoms with Gasteiger partial charge in [-0.05, 0) is 59.6 Å². The number of hydrogen-bond acceptors (Lipinski definition) is 3. The normalized spacial score (nSPS) is 11.9. The minimum absolute atomic E-state index is 0.0331. The molecule has 0 aromatic carbocycles. The molecule has 0 N–H and O–H groups in total. The van der Waals surface area contributed by atoms with Crippen molar-refractivity contribution in [2.75, 3.05) is 4.90 Å². The van der Waals surface area contributed by atoms with Crippen molar-refractivity contribution in [3.05, 3.63) is 21.0 Å². The van der Waals surface area contributed by atoms with E-state index in [1.54, 1.807) is 18.0 Å². The molecule has 0 saturated carbocycles. The number of fused-ring (bicyclic) bond motifs is 1. The molecular formula is C13H16Br2N4O. The van der Waals surface area contributed by atoms with Crippen LogP contribution in [0.25, 0.3) is 5.78 Å². The van der Waals surface area contributed by atoms with Crippen molar-refractivity contribution in [2.45, 2.75) is 40.2 Å². The number of carbonyl (C=O) groups is 1. The number of imidazole rings is 1. The molecule has 0 saturated heterocycles. The zero-order valence-corrected chi connectivity index (χ0v) is 15.2. The summed E-state index contributed by atoms with van der Waals surface area (Å²) in [6.45, 7) is 9.42. The van der Waals surface area contributed by atoms with Crippen LogP contribution in [0.5, 0.6) is 0 Å². The fourth-order valence-corrected chi connectivity index (χ4v) is 2.96. The molecule has 0 unspecified atom stereocenters. The van der Waals surface area contributed by atoms with Gasteiger partial charge in [0.1, 0.15) is 10.4 Å². The summed E-state index contributed by atoms with van der Waals surface area (Å²) in [5.74, 6) is 1.26. The molecule has 5 nitrogen and oxygen atoms in total. The number of amides is 1. The molecule has 7 heteroatoms. The highest BCUT2D eigenvalue weighted by Gasteiger charge is 2.31. The van der Waals surface area contributed by atoms with E-state index in [1.165, 1.54) is 0 Å². The van der Waals surface area contributed by atoms with E-state index in [1.807, 2.05) is 32.1 Å². The van der Waals surface area contributed by atoms with Crippen LogP contribution in [0.2, 0.25) is 0 Å². The Hall–Kier alpha value is -0.950. The minimum atomic E-state index is -0.353. The van der Waals surface area contributed by atoms with Gasteiger partial charge in [0.15, 0.2) is 0 Å². The van der Waals surface area contributed by atoms with Crippen LogP contribution in [0, 0.1) is 6.92 Å². The number of aryl methyl sites for hydroxylation is 1. The molecule has 0 radical (unpaired) electrons. The molecule has 2 heterocycles. The van der Waals surface area contributed by atoms with Crippen molar-refractivity contribution in [1.29, 1.82) is 0 Å². The van der Waals surface area contributed by atoms with Gasteiger partial charge in [0.25, 0.3) is 0 Å². The van der Waals surface area contributed by atoms with E-state index in [4.69, 9.17) is 0 Å². The number of halogens is 2. The molecule has 0 bridgehead atoms. The highest BCUT2D eigenvalue weighted by Crippen LogP contribution is 2.33. The molecule has 0 aliphatic rings. The van der Waals surface area contributed by atoms with Crippen molar-refractivity contribution < 1.29 is 4.79 Å². The Morgan fingerprint density at radius 2 is 1.95 bits per heavy atom. The number of nitrogens with zero attached hydrogens (tertiary/aromatic N) is 4. The first kappa shape index (κ1) is 15.4. The summed E-state index contributed by atoms with van der Waals surface area (Å²) in [6, 6.07) is 0. The van der Waals surface area contributed by atoms with Gasteiger partial charge in [-0.1, -0.05) is 0 Å². The van der Waals surface area contributed by atoms with Gasteiger partial charge < -0.3 is 0 Å². The van der Waals surface area contributed by atoms with Crippen LogP contribution in [-0.4, -0.2) is 25.8 Å². The van der Waals surface area contributed by atoms with Crippen LogP contribution in [-0.2, 0) is 4.79 Å². The number of carbonyl (C=O) groups excluding carboxylic acids is 1. The Balaban J connectivity index is 2.85. The van der Waals surface area contributed by atoms with Crippen molar-refractivity contribution in [2.24, 2.45) is 0 Å². The van der Waals surface area contributed by atoms with E-state index < -0.39 is 0 Å². The summed E-state index contributed by atoms with van der Waals surface area (Å²) in [4.78, 5) is 22.6. The largest absolute Gasteiger partial charge is 0.291 e. The summed E-state index contributed by atoms with van der Waals surface area (Å²) < 4.78 is 3.43. The van der Waals surface area contributed by atoms with Gasteiger partial charge in [0.05, 0.1) is 10.2 Å². The lowest BCUT2D eigenvalue weighted by Gasteiger charge is -2.34. The van der Waals surface area contributed by atoms with Gasteiger partial charge >= 0.3 is 0 Å². The molecule has 108 valence electrons. The third-order valence-electron chi connectivity index (χ3n) is 2.89. The topological polar surface area (TPSA) is 50.5 Å². The van der Waals surface area contributed by atoms with Crippen molar-refractivity contribution >= 4 is 49.4 Å². The Morgan fingerprint density at radius 3 is 2.45 bits per heavy atom. The first-order valence-electron chi connectivity index (χ1n) is 6.14. The maximum Gasteiger partial charge on any atom is 0.236 e. The quantitative estimate of drug-likeness (QED) is 0.682. The summed E-state index contributed by atoms with van der Waals surface area (Å²) in [6.07, 6.45) is 1.69. The van der Waals surface area contributed by atoms with Crippen LogP contribution < -0.4 is 4.90 Å². The average Bonchev–Trinajstić information content (AvgIpc) is 2.60. The molecule has 20 heavy (non-hydrogen) atoms. The van der Waals surface area contributed by atoms with E-state index in [0.717, 1.165) is 20.6 Å². The second kappa shape index (κ2) is 5.11. The molecule has 0 atom stereocenters. The third-order valence-corrected chi connectivity index (χ3v) is 4.78. The molecule has 0 spiro atoms. The molecule has 0 fully saturated rings. The minimum Gasteiger partial charge on any atom is -0.291 e. The predicted octanol–water partition coefficient (Wildman–Crippen LogP) is 3.71. The molecule has 2 aromatic heterocycles.